The predicted octanol–water partition coefficient (Wildman–Crippen LogP) is 1.65. The maximum absolute atomic E-state index is 12.5. The van der Waals surface area contributed by atoms with E-state index in [2.05, 4.69) is 30.7 Å². The van der Waals surface area contributed by atoms with Crippen LogP contribution in [0, 0.1) is 5.41 Å². The van der Waals surface area contributed by atoms with Crippen molar-refractivity contribution >= 4 is 17.7 Å². The fourth-order valence-electron chi connectivity index (χ4n) is 2.69. The van der Waals surface area contributed by atoms with Crippen LogP contribution in [-0.4, -0.2) is 50.3 Å². The van der Waals surface area contributed by atoms with E-state index in [-0.39, 0.29) is 16.1 Å². The fourth-order valence-corrected chi connectivity index (χ4v) is 3.49. The molecule has 0 radical (unpaired) electrons. The summed E-state index contributed by atoms with van der Waals surface area (Å²) in [6, 6.07) is 0. The van der Waals surface area contributed by atoms with E-state index in [4.69, 9.17) is 4.74 Å². The van der Waals surface area contributed by atoms with Crippen LogP contribution in [0.25, 0.3) is 0 Å². The van der Waals surface area contributed by atoms with Crippen LogP contribution in [0.5, 0.6) is 0 Å². The van der Waals surface area contributed by atoms with Crippen LogP contribution in [0.1, 0.15) is 33.1 Å². The second kappa shape index (κ2) is 7.50. The molecular weight excluding hydrogens is 260 g/mol. The quantitative estimate of drug-likeness (QED) is 0.713. The van der Waals surface area contributed by atoms with Crippen molar-refractivity contribution in [1.29, 1.82) is 0 Å². The summed E-state index contributed by atoms with van der Waals surface area (Å²) < 4.78 is 5.42. The fraction of sp³-hybridized carbons (Fsp3) is 0.929. The highest BCUT2D eigenvalue weighted by molar-refractivity contribution is 8.00. The maximum Gasteiger partial charge on any atom is 0.229 e. The molecular formula is C14H28N2O2S. The average Bonchev–Trinajstić information content (AvgIpc) is 2.91. The van der Waals surface area contributed by atoms with E-state index in [0.29, 0.717) is 6.61 Å². The molecule has 0 bridgehead atoms. The number of carbonyl (C=O) groups is 1. The van der Waals surface area contributed by atoms with Crippen molar-refractivity contribution in [3.05, 3.63) is 0 Å². The van der Waals surface area contributed by atoms with Gasteiger partial charge in [-0.2, -0.15) is 11.8 Å². The van der Waals surface area contributed by atoms with Crippen LogP contribution in [0.4, 0.5) is 0 Å². The van der Waals surface area contributed by atoms with Crippen molar-refractivity contribution in [2.24, 2.45) is 5.41 Å². The zero-order valence-electron chi connectivity index (χ0n) is 12.7. The molecule has 1 saturated heterocycles. The molecule has 0 aromatic heterocycles. The Labute approximate surface area is 121 Å². The van der Waals surface area contributed by atoms with Gasteiger partial charge in [-0.05, 0) is 32.1 Å². The Morgan fingerprint density at radius 2 is 2.16 bits per heavy atom. The molecule has 0 aliphatic carbocycles. The topological polar surface area (TPSA) is 50.4 Å². The third-order valence-corrected chi connectivity index (χ3v) is 6.03. The molecule has 0 aromatic carbocycles. The third-order valence-electron chi connectivity index (χ3n) is 4.44. The zero-order valence-corrected chi connectivity index (χ0v) is 13.5. The normalized spacial score (nSPS) is 23.6. The minimum Gasteiger partial charge on any atom is -0.384 e. The largest absolute Gasteiger partial charge is 0.384 e. The van der Waals surface area contributed by atoms with Crippen molar-refractivity contribution in [3.8, 4) is 0 Å². The lowest BCUT2D eigenvalue weighted by molar-refractivity contribution is -0.133. The molecule has 4 nitrogen and oxygen atoms in total. The summed E-state index contributed by atoms with van der Waals surface area (Å²) in [4.78, 5) is 12.5. The number of ether oxygens (including phenoxy) is 1. The summed E-state index contributed by atoms with van der Waals surface area (Å²) in [6.07, 6.45) is 5.12. The minimum absolute atomic E-state index is 0.139. The van der Waals surface area contributed by atoms with Gasteiger partial charge < -0.3 is 15.4 Å². The highest BCUT2D eigenvalue weighted by Gasteiger charge is 2.42. The molecule has 1 rings (SSSR count). The number of carbonyl (C=O) groups excluding carboxylic acids is 1. The predicted molar refractivity (Wildman–Crippen MR) is 81.6 cm³/mol. The first-order valence-corrected chi connectivity index (χ1v) is 8.33. The van der Waals surface area contributed by atoms with E-state index in [9.17, 15) is 4.79 Å². The minimum atomic E-state index is -0.375. The molecule has 1 aliphatic rings. The lowest BCUT2D eigenvalue weighted by Crippen LogP contribution is -2.49. The van der Waals surface area contributed by atoms with Gasteiger partial charge in [-0.1, -0.05) is 13.8 Å². The first kappa shape index (κ1) is 16.8. The van der Waals surface area contributed by atoms with Crippen LogP contribution in [0.3, 0.4) is 0 Å². The molecule has 1 aliphatic heterocycles. The maximum atomic E-state index is 12.5. The number of thioether (sulfide) groups is 1. The van der Waals surface area contributed by atoms with Gasteiger partial charge in [0.2, 0.25) is 5.91 Å². The van der Waals surface area contributed by atoms with Crippen LogP contribution in [-0.2, 0) is 9.53 Å². The average molecular weight is 288 g/mol. The molecule has 1 heterocycles. The van der Waals surface area contributed by atoms with Gasteiger partial charge in [0.05, 0.1) is 12.0 Å². The number of hydrogen-bond donors (Lipinski definition) is 2. The molecule has 19 heavy (non-hydrogen) atoms. The van der Waals surface area contributed by atoms with E-state index in [1.807, 2.05) is 11.8 Å². The Morgan fingerprint density at radius 3 is 2.58 bits per heavy atom. The van der Waals surface area contributed by atoms with Crippen molar-refractivity contribution in [1.82, 2.24) is 10.6 Å². The number of methoxy groups -OCH3 is 1. The lowest BCUT2D eigenvalue weighted by atomic mass is 9.86. The molecule has 1 amide bonds. The van der Waals surface area contributed by atoms with Gasteiger partial charge in [0.25, 0.3) is 0 Å². The Morgan fingerprint density at radius 1 is 1.47 bits per heavy atom. The molecule has 0 aromatic rings. The van der Waals surface area contributed by atoms with Gasteiger partial charge in [0, 0.05) is 24.9 Å². The molecule has 112 valence electrons. The molecule has 1 unspecified atom stereocenters. The molecule has 1 fully saturated rings. The smallest absolute Gasteiger partial charge is 0.229 e. The van der Waals surface area contributed by atoms with Crippen molar-refractivity contribution in [3.63, 3.8) is 0 Å². The van der Waals surface area contributed by atoms with Gasteiger partial charge in [-0.25, -0.2) is 0 Å². The van der Waals surface area contributed by atoms with Crippen LogP contribution >= 0.6 is 11.8 Å². The van der Waals surface area contributed by atoms with E-state index in [1.54, 1.807) is 7.11 Å². The van der Waals surface area contributed by atoms with E-state index in [0.717, 1.165) is 38.9 Å². The monoisotopic (exact) mass is 288 g/mol. The van der Waals surface area contributed by atoms with Crippen molar-refractivity contribution < 1.29 is 9.53 Å². The van der Waals surface area contributed by atoms with Gasteiger partial charge >= 0.3 is 0 Å². The standard InChI is InChI=1S/C14H28N2O2S/c1-5-14(6-2,19-4)10-16-12(17)13(11-18-3)7-8-15-9-13/h15H,5-11H2,1-4H3,(H,16,17). The number of rotatable bonds is 8. The Hall–Kier alpha value is -0.260. The summed E-state index contributed by atoms with van der Waals surface area (Å²) in [6.45, 7) is 7.23. The Bertz CT molecular complexity index is 279. The molecule has 5 heteroatoms. The number of amides is 1. The molecule has 1 atom stereocenters. The molecule has 0 spiro atoms. The Balaban J connectivity index is 2.62. The first-order valence-electron chi connectivity index (χ1n) is 7.11. The summed E-state index contributed by atoms with van der Waals surface area (Å²) in [5.41, 5.74) is -0.375. The lowest BCUT2D eigenvalue weighted by Gasteiger charge is -2.33. The van der Waals surface area contributed by atoms with Crippen molar-refractivity contribution in [2.75, 3.05) is 39.6 Å². The highest BCUT2D eigenvalue weighted by atomic mass is 32.2. The van der Waals surface area contributed by atoms with Gasteiger partial charge in [0.15, 0.2) is 0 Å². The van der Waals surface area contributed by atoms with E-state index >= 15 is 0 Å². The zero-order chi connectivity index (χ0) is 14.4. The van der Waals surface area contributed by atoms with Crippen molar-refractivity contribution in [2.45, 2.75) is 37.9 Å². The summed E-state index contributed by atoms with van der Waals surface area (Å²) in [5.74, 6) is 0.139. The second-order valence-corrected chi connectivity index (χ2v) is 6.69. The Kier molecular flexibility index (Phi) is 6.63. The SMILES string of the molecule is CCC(CC)(CNC(=O)C1(COC)CCNC1)SC. The van der Waals surface area contributed by atoms with Gasteiger partial charge in [-0.3, -0.25) is 4.79 Å². The van der Waals surface area contributed by atoms with Crippen LogP contribution in [0.2, 0.25) is 0 Å². The first-order chi connectivity index (χ1) is 9.08. The highest BCUT2D eigenvalue weighted by Crippen LogP contribution is 2.31. The van der Waals surface area contributed by atoms with Crippen LogP contribution < -0.4 is 10.6 Å². The summed E-state index contributed by atoms with van der Waals surface area (Å²) in [5, 5.41) is 6.44. The summed E-state index contributed by atoms with van der Waals surface area (Å²) in [7, 11) is 1.66. The van der Waals surface area contributed by atoms with E-state index in [1.165, 1.54) is 0 Å². The van der Waals surface area contributed by atoms with Gasteiger partial charge in [0.1, 0.15) is 0 Å². The van der Waals surface area contributed by atoms with E-state index < -0.39 is 0 Å². The van der Waals surface area contributed by atoms with Crippen LogP contribution in [0.15, 0.2) is 0 Å². The second-order valence-electron chi connectivity index (χ2n) is 5.42. The molecule has 2 N–H and O–H groups in total. The third kappa shape index (κ3) is 3.86. The number of nitrogens with one attached hydrogen (secondary N) is 2. The number of hydrogen-bond acceptors (Lipinski definition) is 4. The van der Waals surface area contributed by atoms with Gasteiger partial charge in [-0.15, -0.1) is 0 Å². The summed E-state index contributed by atoms with van der Waals surface area (Å²) >= 11 is 1.85. The molecule has 0 saturated carbocycles.